The molecule has 0 aliphatic heterocycles. The van der Waals surface area contributed by atoms with Crippen LogP contribution in [0.4, 0.5) is 0 Å². The van der Waals surface area contributed by atoms with Gasteiger partial charge in [-0.3, -0.25) is 4.68 Å². The van der Waals surface area contributed by atoms with Crippen molar-refractivity contribution >= 4 is 0 Å². The Balaban J connectivity index is 2.60. The molecule has 0 spiro atoms. The van der Waals surface area contributed by atoms with Gasteiger partial charge in [0.2, 0.25) is 0 Å². The van der Waals surface area contributed by atoms with Gasteiger partial charge >= 0.3 is 0 Å². The molecule has 4 nitrogen and oxygen atoms in total. The first-order valence-electron chi connectivity index (χ1n) is 5.00. The molecule has 0 aromatic carbocycles. The van der Waals surface area contributed by atoms with Crippen LogP contribution in [0.5, 0.6) is 0 Å². The molecule has 0 saturated carbocycles. The van der Waals surface area contributed by atoms with Crippen molar-refractivity contribution in [2.45, 2.75) is 39.5 Å². The molecule has 1 atom stereocenters. The van der Waals surface area contributed by atoms with E-state index in [-0.39, 0.29) is 6.10 Å². The van der Waals surface area contributed by atoms with E-state index in [4.69, 9.17) is 10.5 Å². The van der Waals surface area contributed by atoms with E-state index in [1.807, 2.05) is 11.7 Å². The average Bonchev–Trinajstić information content (AvgIpc) is 2.55. The second-order valence-electron chi connectivity index (χ2n) is 3.47. The molecule has 80 valence electrons. The third-order valence-electron chi connectivity index (χ3n) is 2.45. The molecule has 1 aromatic heterocycles. The predicted molar refractivity (Wildman–Crippen MR) is 55.6 cm³/mol. The van der Waals surface area contributed by atoms with Gasteiger partial charge in [0, 0.05) is 19.2 Å². The quantitative estimate of drug-likeness (QED) is 0.771. The van der Waals surface area contributed by atoms with Crippen LogP contribution in [-0.2, 0) is 24.9 Å². The van der Waals surface area contributed by atoms with E-state index in [9.17, 15) is 0 Å². The van der Waals surface area contributed by atoms with Gasteiger partial charge in [0.15, 0.2) is 0 Å². The second-order valence-corrected chi connectivity index (χ2v) is 3.47. The fourth-order valence-electron chi connectivity index (χ4n) is 1.20. The molecule has 0 saturated heterocycles. The van der Waals surface area contributed by atoms with E-state index in [0.717, 1.165) is 17.7 Å². The SMILES string of the molecule is CCC(C)OCc1c(CN)cnn1C. The minimum absolute atomic E-state index is 0.288. The van der Waals surface area contributed by atoms with Crippen LogP contribution in [0.3, 0.4) is 0 Å². The number of hydrogen-bond acceptors (Lipinski definition) is 3. The molecule has 0 aliphatic carbocycles. The van der Waals surface area contributed by atoms with Crippen molar-refractivity contribution in [1.29, 1.82) is 0 Å². The van der Waals surface area contributed by atoms with Gasteiger partial charge < -0.3 is 10.5 Å². The molecule has 1 aromatic rings. The Morgan fingerprint density at radius 2 is 2.36 bits per heavy atom. The summed E-state index contributed by atoms with van der Waals surface area (Å²) in [4.78, 5) is 0. The number of nitrogens with zero attached hydrogens (tertiary/aromatic N) is 2. The normalized spacial score (nSPS) is 13.1. The van der Waals surface area contributed by atoms with Crippen molar-refractivity contribution in [2.24, 2.45) is 12.8 Å². The van der Waals surface area contributed by atoms with Crippen LogP contribution in [0, 0.1) is 0 Å². The molecule has 1 heterocycles. The lowest BCUT2D eigenvalue weighted by atomic mass is 10.2. The van der Waals surface area contributed by atoms with Crippen LogP contribution in [0.1, 0.15) is 31.5 Å². The first-order chi connectivity index (χ1) is 6.69. The Labute approximate surface area is 85.0 Å². The largest absolute Gasteiger partial charge is 0.372 e. The topological polar surface area (TPSA) is 53.1 Å². The summed E-state index contributed by atoms with van der Waals surface area (Å²) in [5, 5.41) is 4.15. The summed E-state index contributed by atoms with van der Waals surface area (Å²) in [5.41, 5.74) is 7.74. The van der Waals surface area contributed by atoms with Crippen molar-refractivity contribution in [3.63, 3.8) is 0 Å². The Bertz CT molecular complexity index is 283. The zero-order chi connectivity index (χ0) is 10.6. The van der Waals surface area contributed by atoms with Crippen molar-refractivity contribution < 1.29 is 4.74 Å². The maximum atomic E-state index is 5.64. The summed E-state index contributed by atoms with van der Waals surface area (Å²) in [6.07, 6.45) is 3.11. The minimum Gasteiger partial charge on any atom is -0.372 e. The summed E-state index contributed by atoms with van der Waals surface area (Å²) in [7, 11) is 1.91. The van der Waals surface area contributed by atoms with Crippen LogP contribution in [0.25, 0.3) is 0 Å². The molecule has 1 unspecified atom stereocenters. The van der Waals surface area contributed by atoms with Gasteiger partial charge in [-0.2, -0.15) is 5.10 Å². The number of nitrogens with two attached hydrogens (primary N) is 1. The van der Waals surface area contributed by atoms with E-state index in [1.165, 1.54) is 0 Å². The standard InChI is InChI=1S/C10H19N3O/c1-4-8(2)14-7-10-9(5-11)6-12-13(10)3/h6,8H,4-5,7,11H2,1-3H3. The van der Waals surface area contributed by atoms with Gasteiger partial charge in [0.25, 0.3) is 0 Å². The molecule has 0 fully saturated rings. The van der Waals surface area contributed by atoms with Crippen LogP contribution in [0.2, 0.25) is 0 Å². The summed E-state index contributed by atoms with van der Waals surface area (Å²) in [6.45, 7) is 5.29. The Morgan fingerprint density at radius 1 is 1.64 bits per heavy atom. The van der Waals surface area contributed by atoms with Gasteiger partial charge in [0.1, 0.15) is 0 Å². The van der Waals surface area contributed by atoms with Crippen LogP contribution < -0.4 is 5.73 Å². The number of hydrogen-bond donors (Lipinski definition) is 1. The van der Waals surface area contributed by atoms with Crippen LogP contribution in [-0.4, -0.2) is 15.9 Å². The van der Waals surface area contributed by atoms with Crippen molar-refractivity contribution in [1.82, 2.24) is 9.78 Å². The molecule has 2 N–H and O–H groups in total. The Kier molecular flexibility index (Phi) is 4.10. The third kappa shape index (κ3) is 2.56. The highest BCUT2D eigenvalue weighted by Crippen LogP contribution is 2.10. The van der Waals surface area contributed by atoms with Gasteiger partial charge in [-0.1, -0.05) is 6.92 Å². The second kappa shape index (κ2) is 5.12. The summed E-state index contributed by atoms with van der Waals surface area (Å²) in [6, 6.07) is 0. The van der Waals surface area contributed by atoms with Gasteiger partial charge in [-0.25, -0.2) is 0 Å². The van der Waals surface area contributed by atoms with Crippen molar-refractivity contribution in [3.8, 4) is 0 Å². The maximum absolute atomic E-state index is 5.64. The number of ether oxygens (including phenoxy) is 1. The average molecular weight is 197 g/mol. The van der Waals surface area contributed by atoms with Gasteiger partial charge in [-0.05, 0) is 13.3 Å². The summed E-state index contributed by atoms with van der Waals surface area (Å²) in [5.74, 6) is 0. The number of aryl methyl sites for hydroxylation is 1. The van der Waals surface area contributed by atoms with Crippen molar-refractivity contribution in [2.75, 3.05) is 0 Å². The third-order valence-corrected chi connectivity index (χ3v) is 2.45. The monoisotopic (exact) mass is 197 g/mol. The fraction of sp³-hybridized carbons (Fsp3) is 0.700. The zero-order valence-electron chi connectivity index (χ0n) is 9.16. The fourth-order valence-corrected chi connectivity index (χ4v) is 1.20. The number of rotatable bonds is 5. The highest BCUT2D eigenvalue weighted by atomic mass is 16.5. The summed E-state index contributed by atoms with van der Waals surface area (Å²) >= 11 is 0. The van der Waals surface area contributed by atoms with E-state index in [1.54, 1.807) is 6.20 Å². The molecule has 14 heavy (non-hydrogen) atoms. The molecule has 0 aliphatic rings. The molecule has 0 amide bonds. The van der Waals surface area contributed by atoms with Crippen molar-refractivity contribution in [3.05, 3.63) is 17.5 Å². The van der Waals surface area contributed by atoms with Crippen LogP contribution in [0.15, 0.2) is 6.20 Å². The Hall–Kier alpha value is -0.870. The number of aromatic nitrogens is 2. The van der Waals surface area contributed by atoms with Gasteiger partial charge in [0.05, 0.1) is 24.6 Å². The molecular weight excluding hydrogens is 178 g/mol. The first kappa shape index (κ1) is 11.2. The minimum atomic E-state index is 0.288. The zero-order valence-corrected chi connectivity index (χ0v) is 9.16. The maximum Gasteiger partial charge on any atom is 0.0891 e. The molecule has 0 radical (unpaired) electrons. The lowest BCUT2D eigenvalue weighted by Crippen LogP contribution is -2.11. The lowest BCUT2D eigenvalue weighted by molar-refractivity contribution is 0.0467. The van der Waals surface area contributed by atoms with E-state index < -0.39 is 0 Å². The molecule has 0 bridgehead atoms. The lowest BCUT2D eigenvalue weighted by Gasteiger charge is -2.11. The van der Waals surface area contributed by atoms with Crippen LogP contribution >= 0.6 is 0 Å². The van der Waals surface area contributed by atoms with Gasteiger partial charge in [-0.15, -0.1) is 0 Å². The van der Waals surface area contributed by atoms with E-state index >= 15 is 0 Å². The highest BCUT2D eigenvalue weighted by molar-refractivity contribution is 5.16. The summed E-state index contributed by atoms with van der Waals surface area (Å²) < 4.78 is 7.47. The first-order valence-corrected chi connectivity index (χ1v) is 5.00. The highest BCUT2D eigenvalue weighted by Gasteiger charge is 2.08. The predicted octanol–water partition coefficient (Wildman–Crippen LogP) is 1.19. The molecule has 4 heteroatoms. The molecule has 1 rings (SSSR count). The smallest absolute Gasteiger partial charge is 0.0891 e. The van der Waals surface area contributed by atoms with E-state index in [0.29, 0.717) is 13.2 Å². The van der Waals surface area contributed by atoms with E-state index in [2.05, 4.69) is 18.9 Å². The Morgan fingerprint density at radius 3 is 2.93 bits per heavy atom. The molecular formula is C10H19N3O.